The summed E-state index contributed by atoms with van der Waals surface area (Å²) >= 11 is 4.83. The maximum Gasteiger partial charge on any atom is 0.257 e. The van der Waals surface area contributed by atoms with Crippen LogP contribution in [0.1, 0.15) is 16.1 Å². The molecule has 0 fully saturated rings. The van der Waals surface area contributed by atoms with Gasteiger partial charge in [-0.2, -0.15) is 0 Å². The number of carbonyl (C=O) groups is 1. The number of amides is 1. The highest BCUT2D eigenvalue weighted by molar-refractivity contribution is 9.10. The number of halogens is 1. The molecule has 128 valence electrons. The van der Waals surface area contributed by atoms with Crippen LogP contribution < -0.4 is 5.32 Å². The van der Waals surface area contributed by atoms with Gasteiger partial charge in [0.2, 0.25) is 0 Å². The van der Waals surface area contributed by atoms with E-state index in [0.717, 1.165) is 32.3 Å². The normalized spacial score (nSPS) is 10.8. The highest BCUT2D eigenvalue weighted by Gasteiger charge is 2.11. The predicted molar refractivity (Wildman–Crippen MR) is 110 cm³/mol. The molecule has 6 heteroatoms. The van der Waals surface area contributed by atoms with Crippen molar-refractivity contribution in [1.29, 1.82) is 0 Å². The number of benzene rings is 2. The molecule has 0 aliphatic rings. The summed E-state index contributed by atoms with van der Waals surface area (Å²) in [5.74, 6) is -0.188. The quantitative estimate of drug-likeness (QED) is 0.460. The van der Waals surface area contributed by atoms with E-state index >= 15 is 0 Å². The Morgan fingerprint density at radius 1 is 1.04 bits per heavy atom. The van der Waals surface area contributed by atoms with E-state index in [0.29, 0.717) is 10.7 Å². The predicted octanol–water partition coefficient (Wildman–Crippen LogP) is 5.68. The molecule has 2 aromatic carbocycles. The molecule has 0 aliphatic heterocycles. The zero-order valence-electron chi connectivity index (χ0n) is 13.9. The van der Waals surface area contributed by atoms with Gasteiger partial charge in [-0.15, -0.1) is 11.3 Å². The third-order valence-corrected chi connectivity index (χ3v) is 5.24. The molecule has 2 heterocycles. The summed E-state index contributed by atoms with van der Waals surface area (Å²) in [6.45, 7) is 1.94. The van der Waals surface area contributed by atoms with Crippen LogP contribution in [0.4, 0.5) is 5.13 Å². The lowest BCUT2D eigenvalue weighted by molar-refractivity contribution is 0.102. The van der Waals surface area contributed by atoms with Gasteiger partial charge in [-0.25, -0.2) is 4.98 Å². The summed E-state index contributed by atoms with van der Waals surface area (Å²) in [6.07, 6.45) is 0. The lowest BCUT2D eigenvalue weighted by Gasteiger charge is -2.04. The third-order valence-electron chi connectivity index (χ3n) is 3.96. The number of aromatic nitrogens is 2. The van der Waals surface area contributed by atoms with Crippen LogP contribution in [0, 0.1) is 6.92 Å². The minimum Gasteiger partial charge on any atom is -0.298 e. The minimum atomic E-state index is -0.188. The molecule has 0 radical (unpaired) electrons. The van der Waals surface area contributed by atoms with Crippen LogP contribution in [0.2, 0.25) is 0 Å². The number of nitrogens with zero attached hydrogens (tertiary/aromatic N) is 2. The SMILES string of the molecule is Cc1ccc2ccc(C(=O)Nc3nc(-c4ccc(Br)cc4)cs3)cc2n1. The van der Waals surface area contributed by atoms with Crippen molar-refractivity contribution in [3.8, 4) is 11.3 Å². The Hall–Kier alpha value is -2.57. The fourth-order valence-corrected chi connectivity index (χ4v) is 3.59. The number of aryl methyl sites for hydroxylation is 1. The molecule has 4 rings (SSSR count). The van der Waals surface area contributed by atoms with E-state index in [2.05, 4.69) is 31.2 Å². The van der Waals surface area contributed by atoms with Gasteiger partial charge in [0.25, 0.3) is 5.91 Å². The number of nitrogens with one attached hydrogen (secondary N) is 1. The average Bonchev–Trinajstić information content (AvgIpc) is 3.10. The standard InChI is InChI=1S/C20H14BrN3OS/c1-12-2-3-13-4-5-15(10-17(13)22-12)19(25)24-20-23-18(11-26-20)14-6-8-16(21)9-7-14/h2-11H,1H3,(H,23,24,25). The zero-order valence-corrected chi connectivity index (χ0v) is 16.3. The summed E-state index contributed by atoms with van der Waals surface area (Å²) in [5, 5.41) is 6.39. The smallest absolute Gasteiger partial charge is 0.257 e. The van der Waals surface area contributed by atoms with Crippen molar-refractivity contribution in [2.24, 2.45) is 0 Å². The number of hydrogen-bond acceptors (Lipinski definition) is 4. The highest BCUT2D eigenvalue weighted by atomic mass is 79.9. The molecule has 0 unspecified atom stereocenters. The molecule has 26 heavy (non-hydrogen) atoms. The molecular weight excluding hydrogens is 410 g/mol. The van der Waals surface area contributed by atoms with Gasteiger partial charge in [-0.05, 0) is 37.3 Å². The van der Waals surface area contributed by atoms with Crippen molar-refractivity contribution in [2.75, 3.05) is 5.32 Å². The van der Waals surface area contributed by atoms with E-state index in [-0.39, 0.29) is 5.91 Å². The van der Waals surface area contributed by atoms with Crippen molar-refractivity contribution in [3.63, 3.8) is 0 Å². The lowest BCUT2D eigenvalue weighted by Crippen LogP contribution is -2.11. The van der Waals surface area contributed by atoms with Crippen LogP contribution in [0.5, 0.6) is 0 Å². The van der Waals surface area contributed by atoms with E-state index in [1.165, 1.54) is 11.3 Å². The molecule has 0 aliphatic carbocycles. The first kappa shape index (κ1) is 16.9. The van der Waals surface area contributed by atoms with E-state index in [1.54, 1.807) is 12.1 Å². The average molecular weight is 424 g/mol. The molecule has 4 nitrogen and oxygen atoms in total. The Labute approximate surface area is 163 Å². The molecule has 1 amide bonds. The maximum absolute atomic E-state index is 12.6. The van der Waals surface area contributed by atoms with Crippen LogP contribution in [-0.4, -0.2) is 15.9 Å². The number of hydrogen-bond donors (Lipinski definition) is 1. The van der Waals surface area contributed by atoms with Gasteiger partial charge in [0.1, 0.15) is 0 Å². The Balaban J connectivity index is 1.56. The van der Waals surface area contributed by atoms with Crippen LogP contribution in [0.25, 0.3) is 22.2 Å². The highest BCUT2D eigenvalue weighted by Crippen LogP contribution is 2.26. The van der Waals surface area contributed by atoms with Gasteiger partial charge in [-0.1, -0.05) is 40.2 Å². The topological polar surface area (TPSA) is 54.9 Å². The van der Waals surface area contributed by atoms with Crippen molar-refractivity contribution in [2.45, 2.75) is 6.92 Å². The van der Waals surface area contributed by atoms with E-state index in [4.69, 9.17) is 0 Å². The van der Waals surface area contributed by atoms with Gasteiger partial charge in [0.05, 0.1) is 11.2 Å². The first-order valence-corrected chi connectivity index (χ1v) is 9.66. The van der Waals surface area contributed by atoms with Gasteiger partial charge < -0.3 is 0 Å². The van der Waals surface area contributed by atoms with Crippen molar-refractivity contribution < 1.29 is 4.79 Å². The summed E-state index contributed by atoms with van der Waals surface area (Å²) in [7, 11) is 0. The van der Waals surface area contributed by atoms with Crippen molar-refractivity contribution in [3.05, 3.63) is 75.7 Å². The summed E-state index contributed by atoms with van der Waals surface area (Å²) in [5.41, 5.74) is 4.15. The van der Waals surface area contributed by atoms with Crippen LogP contribution in [0.15, 0.2) is 64.5 Å². The van der Waals surface area contributed by atoms with Crippen molar-refractivity contribution in [1.82, 2.24) is 9.97 Å². The van der Waals surface area contributed by atoms with Gasteiger partial charge >= 0.3 is 0 Å². The van der Waals surface area contributed by atoms with E-state index in [9.17, 15) is 4.79 Å². The fraction of sp³-hybridized carbons (Fsp3) is 0.0500. The van der Waals surface area contributed by atoms with Gasteiger partial charge in [0, 0.05) is 32.1 Å². The van der Waals surface area contributed by atoms with E-state index in [1.807, 2.05) is 54.8 Å². The van der Waals surface area contributed by atoms with Crippen molar-refractivity contribution >= 4 is 49.2 Å². The Kier molecular flexibility index (Phi) is 4.53. The first-order valence-electron chi connectivity index (χ1n) is 7.99. The number of carbonyl (C=O) groups excluding carboxylic acids is 1. The molecule has 2 aromatic heterocycles. The second kappa shape index (κ2) is 6.97. The van der Waals surface area contributed by atoms with Crippen LogP contribution >= 0.6 is 27.3 Å². The van der Waals surface area contributed by atoms with Gasteiger partial charge in [0.15, 0.2) is 5.13 Å². The van der Waals surface area contributed by atoms with Crippen LogP contribution in [0.3, 0.4) is 0 Å². The number of fused-ring (bicyclic) bond motifs is 1. The largest absolute Gasteiger partial charge is 0.298 e. The molecular formula is C20H14BrN3OS. The Morgan fingerprint density at radius 2 is 1.81 bits per heavy atom. The number of pyridine rings is 1. The van der Waals surface area contributed by atoms with Crippen LogP contribution in [-0.2, 0) is 0 Å². The lowest BCUT2D eigenvalue weighted by atomic mass is 10.1. The zero-order chi connectivity index (χ0) is 18.1. The molecule has 0 spiro atoms. The first-order chi connectivity index (χ1) is 12.6. The molecule has 4 aromatic rings. The molecule has 1 N–H and O–H groups in total. The number of rotatable bonds is 3. The summed E-state index contributed by atoms with van der Waals surface area (Å²) in [4.78, 5) is 21.5. The van der Waals surface area contributed by atoms with Gasteiger partial charge in [-0.3, -0.25) is 15.1 Å². The molecule has 0 saturated heterocycles. The minimum absolute atomic E-state index is 0.188. The summed E-state index contributed by atoms with van der Waals surface area (Å²) < 4.78 is 1.02. The Morgan fingerprint density at radius 3 is 2.62 bits per heavy atom. The number of thiazole rings is 1. The molecule has 0 bridgehead atoms. The molecule has 0 saturated carbocycles. The Bertz CT molecular complexity index is 1110. The third kappa shape index (κ3) is 3.52. The second-order valence-corrected chi connectivity index (χ2v) is 7.63. The number of anilines is 1. The monoisotopic (exact) mass is 423 g/mol. The van der Waals surface area contributed by atoms with E-state index < -0.39 is 0 Å². The second-order valence-electron chi connectivity index (χ2n) is 5.86. The fourth-order valence-electron chi connectivity index (χ4n) is 2.61. The summed E-state index contributed by atoms with van der Waals surface area (Å²) in [6, 6.07) is 17.4. The molecule has 0 atom stereocenters. The maximum atomic E-state index is 12.6.